The first-order valence-corrected chi connectivity index (χ1v) is 12.1. The minimum atomic E-state index is -0.254. The number of aryl methyl sites for hydroxylation is 1. The molecule has 0 saturated carbocycles. The second-order valence-corrected chi connectivity index (χ2v) is 8.96. The Morgan fingerprint density at radius 2 is 1.71 bits per heavy atom. The molecule has 0 unspecified atom stereocenters. The van der Waals surface area contributed by atoms with Crippen molar-refractivity contribution >= 4 is 23.3 Å². The second-order valence-electron chi connectivity index (χ2n) is 8.96. The van der Waals surface area contributed by atoms with Crippen LogP contribution in [0.25, 0.3) is 16.8 Å². The molecule has 0 atom stereocenters. The highest BCUT2D eigenvalue weighted by atomic mass is 16.5. The summed E-state index contributed by atoms with van der Waals surface area (Å²) >= 11 is 0. The highest BCUT2D eigenvalue weighted by Crippen LogP contribution is 2.38. The van der Waals surface area contributed by atoms with Gasteiger partial charge in [-0.15, -0.1) is 0 Å². The number of anilines is 2. The van der Waals surface area contributed by atoms with Crippen molar-refractivity contribution in [1.82, 2.24) is 19.7 Å². The first-order valence-electron chi connectivity index (χ1n) is 12.1. The summed E-state index contributed by atoms with van der Waals surface area (Å²) in [6, 6.07) is 18.3. The Morgan fingerprint density at radius 3 is 2.42 bits per heavy atom. The van der Waals surface area contributed by atoms with E-state index in [1.165, 1.54) is 15.6 Å². The maximum absolute atomic E-state index is 13.5. The molecule has 1 fully saturated rings. The SMILES string of the molecule is CNC(=O)c1cccc(N2CCN(c3cccc(-c4ccc(-n5cnn(C)c5=O)cc4OC)c3C)C2=O)c1. The van der Waals surface area contributed by atoms with Crippen LogP contribution < -0.4 is 25.5 Å². The lowest BCUT2D eigenvalue weighted by atomic mass is 9.97. The molecule has 0 radical (unpaired) electrons. The van der Waals surface area contributed by atoms with E-state index in [0.717, 1.165) is 22.4 Å². The molecule has 10 heteroatoms. The summed E-state index contributed by atoms with van der Waals surface area (Å²) in [5.41, 5.74) is 5.04. The van der Waals surface area contributed by atoms with Crippen molar-refractivity contribution in [2.45, 2.75) is 6.92 Å². The predicted molar refractivity (Wildman–Crippen MR) is 145 cm³/mol. The number of rotatable bonds is 6. The van der Waals surface area contributed by atoms with Crippen molar-refractivity contribution in [1.29, 1.82) is 0 Å². The van der Waals surface area contributed by atoms with Crippen molar-refractivity contribution in [2.24, 2.45) is 7.05 Å². The summed E-state index contributed by atoms with van der Waals surface area (Å²) in [5.74, 6) is 0.395. The third-order valence-electron chi connectivity index (χ3n) is 6.83. The molecule has 3 aromatic carbocycles. The molecule has 1 aliphatic heterocycles. The molecular formula is C28H28N6O4. The number of carbonyl (C=O) groups is 2. The fourth-order valence-electron chi connectivity index (χ4n) is 4.78. The van der Waals surface area contributed by atoms with Crippen LogP contribution in [-0.2, 0) is 7.05 Å². The molecule has 4 aromatic rings. The highest BCUT2D eigenvalue weighted by molar-refractivity contribution is 6.07. The number of amides is 3. The maximum atomic E-state index is 13.5. The quantitative estimate of drug-likeness (QED) is 0.427. The molecular weight excluding hydrogens is 484 g/mol. The topological polar surface area (TPSA) is 102 Å². The summed E-state index contributed by atoms with van der Waals surface area (Å²) in [4.78, 5) is 41.4. The van der Waals surface area contributed by atoms with E-state index in [1.807, 2.05) is 43.3 Å². The maximum Gasteiger partial charge on any atom is 0.350 e. The molecule has 1 aliphatic rings. The molecule has 38 heavy (non-hydrogen) atoms. The number of benzene rings is 3. The fraction of sp³-hybridized carbons (Fsp3) is 0.214. The molecule has 0 spiro atoms. The Morgan fingerprint density at radius 1 is 0.947 bits per heavy atom. The van der Waals surface area contributed by atoms with Crippen molar-refractivity contribution in [3.05, 3.63) is 88.6 Å². The van der Waals surface area contributed by atoms with Gasteiger partial charge in [0.05, 0.1) is 12.8 Å². The predicted octanol–water partition coefficient (Wildman–Crippen LogP) is 3.36. The van der Waals surface area contributed by atoms with Crippen LogP contribution in [0.2, 0.25) is 0 Å². The number of urea groups is 1. The van der Waals surface area contributed by atoms with E-state index in [1.54, 1.807) is 55.3 Å². The minimum Gasteiger partial charge on any atom is -0.496 e. The smallest absolute Gasteiger partial charge is 0.350 e. The van der Waals surface area contributed by atoms with Crippen LogP contribution in [-0.4, -0.2) is 53.5 Å². The number of aromatic nitrogens is 3. The largest absolute Gasteiger partial charge is 0.496 e. The van der Waals surface area contributed by atoms with Crippen LogP contribution in [0.3, 0.4) is 0 Å². The zero-order valence-corrected chi connectivity index (χ0v) is 21.6. The summed E-state index contributed by atoms with van der Waals surface area (Å²) in [7, 11) is 4.76. The van der Waals surface area contributed by atoms with Gasteiger partial charge in [-0.25, -0.2) is 18.8 Å². The van der Waals surface area contributed by atoms with E-state index in [4.69, 9.17) is 4.74 Å². The third-order valence-corrected chi connectivity index (χ3v) is 6.83. The van der Waals surface area contributed by atoms with Gasteiger partial charge in [0.2, 0.25) is 0 Å². The van der Waals surface area contributed by atoms with Gasteiger partial charge in [-0.1, -0.05) is 18.2 Å². The number of nitrogens with zero attached hydrogens (tertiary/aromatic N) is 5. The van der Waals surface area contributed by atoms with Crippen LogP contribution >= 0.6 is 0 Å². The normalized spacial score (nSPS) is 13.2. The zero-order valence-electron chi connectivity index (χ0n) is 21.6. The number of nitrogens with one attached hydrogen (secondary N) is 1. The first kappa shape index (κ1) is 24.8. The van der Waals surface area contributed by atoms with E-state index in [2.05, 4.69) is 10.4 Å². The highest BCUT2D eigenvalue weighted by Gasteiger charge is 2.32. The van der Waals surface area contributed by atoms with Gasteiger partial charge in [-0.2, -0.15) is 5.10 Å². The van der Waals surface area contributed by atoms with E-state index in [0.29, 0.717) is 35.8 Å². The van der Waals surface area contributed by atoms with Crippen molar-refractivity contribution in [2.75, 3.05) is 37.0 Å². The molecule has 0 bridgehead atoms. The molecule has 1 aromatic heterocycles. The Balaban J connectivity index is 1.48. The number of methoxy groups -OCH3 is 1. The number of carbonyl (C=O) groups excluding carboxylic acids is 2. The second kappa shape index (κ2) is 9.89. The third kappa shape index (κ3) is 4.19. The summed E-state index contributed by atoms with van der Waals surface area (Å²) < 4.78 is 8.41. The minimum absolute atomic E-state index is 0.155. The van der Waals surface area contributed by atoms with Gasteiger partial charge in [0.15, 0.2) is 0 Å². The lowest BCUT2D eigenvalue weighted by Crippen LogP contribution is -2.32. The molecule has 3 amide bonds. The van der Waals surface area contributed by atoms with Crippen molar-refractivity contribution in [3.63, 3.8) is 0 Å². The molecule has 2 heterocycles. The standard InChI is InChI=1S/C28H28N6O4/c1-18-22(23-12-11-21(16-25(23)38-4)34-17-30-31(3)27(34)36)9-6-10-24(18)33-14-13-32(28(33)37)20-8-5-7-19(15-20)26(35)29-2/h5-12,15-17H,13-14H2,1-4H3,(H,29,35). The zero-order chi connectivity index (χ0) is 27.0. The molecule has 5 rings (SSSR count). The van der Waals surface area contributed by atoms with Crippen molar-refractivity contribution < 1.29 is 14.3 Å². The summed E-state index contributed by atoms with van der Waals surface area (Å²) in [6.07, 6.45) is 1.47. The number of ether oxygens (including phenoxy) is 1. The number of hydrogen-bond donors (Lipinski definition) is 1. The van der Waals surface area contributed by atoms with Crippen LogP contribution in [0.4, 0.5) is 16.2 Å². The Labute approximate surface area is 219 Å². The lowest BCUT2D eigenvalue weighted by molar-refractivity contribution is 0.0963. The lowest BCUT2D eigenvalue weighted by Gasteiger charge is -2.22. The fourth-order valence-corrected chi connectivity index (χ4v) is 4.78. The summed E-state index contributed by atoms with van der Waals surface area (Å²) in [5, 5.41) is 6.63. The van der Waals surface area contributed by atoms with Crippen LogP contribution in [0.5, 0.6) is 5.75 Å². The average Bonchev–Trinajstić information content (AvgIpc) is 3.49. The molecule has 1 N–H and O–H groups in total. The summed E-state index contributed by atoms with van der Waals surface area (Å²) in [6.45, 7) is 2.98. The number of hydrogen-bond acceptors (Lipinski definition) is 5. The molecule has 1 saturated heterocycles. The van der Waals surface area contributed by atoms with Gasteiger partial charge in [-0.3, -0.25) is 14.6 Å². The Bertz CT molecular complexity index is 1610. The average molecular weight is 513 g/mol. The Kier molecular flexibility index (Phi) is 6.46. The van der Waals surface area contributed by atoms with Crippen LogP contribution in [0.15, 0.2) is 71.8 Å². The van der Waals surface area contributed by atoms with Gasteiger partial charge >= 0.3 is 11.7 Å². The van der Waals surface area contributed by atoms with Gasteiger partial charge in [0, 0.05) is 55.8 Å². The van der Waals surface area contributed by atoms with Gasteiger partial charge in [-0.05, 0) is 54.4 Å². The van der Waals surface area contributed by atoms with Gasteiger partial charge < -0.3 is 10.1 Å². The molecule has 194 valence electrons. The van der Waals surface area contributed by atoms with Crippen LogP contribution in [0.1, 0.15) is 15.9 Å². The van der Waals surface area contributed by atoms with Gasteiger partial charge in [0.25, 0.3) is 5.91 Å². The first-order chi connectivity index (χ1) is 18.3. The Hall–Kier alpha value is -4.86. The van der Waals surface area contributed by atoms with Crippen LogP contribution in [0, 0.1) is 6.92 Å². The molecule has 0 aliphatic carbocycles. The van der Waals surface area contributed by atoms with E-state index < -0.39 is 0 Å². The van der Waals surface area contributed by atoms with Gasteiger partial charge in [0.1, 0.15) is 12.1 Å². The van der Waals surface area contributed by atoms with E-state index in [-0.39, 0.29) is 17.6 Å². The monoisotopic (exact) mass is 512 g/mol. The van der Waals surface area contributed by atoms with Crippen molar-refractivity contribution in [3.8, 4) is 22.6 Å². The molecule has 10 nitrogen and oxygen atoms in total. The van der Waals surface area contributed by atoms with E-state index in [9.17, 15) is 14.4 Å². The van der Waals surface area contributed by atoms with E-state index >= 15 is 0 Å².